The van der Waals surface area contributed by atoms with Crippen molar-refractivity contribution in [2.75, 3.05) is 23.0 Å². The molecule has 0 bridgehead atoms. The van der Waals surface area contributed by atoms with Crippen LogP contribution in [0.15, 0.2) is 78.7 Å². The van der Waals surface area contributed by atoms with Crippen molar-refractivity contribution >= 4 is 53.6 Å². The first-order valence-electron chi connectivity index (χ1n) is 12.3. The van der Waals surface area contributed by atoms with E-state index >= 15 is 0 Å². The first kappa shape index (κ1) is 27.3. The molecule has 0 atom stereocenters. The second-order valence-electron chi connectivity index (χ2n) is 9.12. The summed E-state index contributed by atoms with van der Waals surface area (Å²) in [6, 6.07) is 23.4. The van der Waals surface area contributed by atoms with E-state index in [2.05, 4.69) is 0 Å². The first-order valence-corrected chi connectivity index (χ1v) is 16.3. The molecule has 0 saturated heterocycles. The lowest BCUT2D eigenvalue weighted by Crippen LogP contribution is -2.36. The quantitative estimate of drug-likeness (QED) is 0.204. The molecule has 0 fully saturated rings. The Kier molecular flexibility index (Phi) is 7.74. The third-order valence-electron chi connectivity index (χ3n) is 6.29. The van der Waals surface area contributed by atoms with Gasteiger partial charge >= 0.3 is 0 Å². The van der Waals surface area contributed by atoms with E-state index in [1.54, 1.807) is 0 Å². The second kappa shape index (κ2) is 11.1. The number of nitrogens with zero attached hydrogens (tertiary/aromatic N) is 2. The highest BCUT2D eigenvalue weighted by Crippen LogP contribution is 2.42. The Labute approximate surface area is 231 Å². The van der Waals surface area contributed by atoms with E-state index in [1.807, 2.05) is 88.3 Å². The Morgan fingerprint density at radius 3 is 2.28 bits per heavy atom. The number of benzene rings is 3. The van der Waals surface area contributed by atoms with E-state index in [4.69, 9.17) is 4.74 Å². The Bertz CT molecular complexity index is 1750. The lowest BCUT2D eigenvalue weighted by Gasteiger charge is -2.18. The lowest BCUT2D eigenvalue weighted by atomic mass is 10.0. The topological polar surface area (TPSA) is 125 Å². The molecule has 4 aromatic rings. The molecule has 0 spiro atoms. The van der Waals surface area contributed by atoms with Crippen molar-refractivity contribution in [1.82, 2.24) is 0 Å². The van der Waals surface area contributed by atoms with Gasteiger partial charge in [-0.05, 0) is 35.7 Å². The number of rotatable bonds is 10. The van der Waals surface area contributed by atoms with Gasteiger partial charge < -0.3 is 9.64 Å². The van der Waals surface area contributed by atoms with Gasteiger partial charge in [0.15, 0.2) is 12.3 Å². The number of hydrogen-bond donors (Lipinski definition) is 2. The van der Waals surface area contributed by atoms with Crippen LogP contribution in [0, 0.1) is 0 Å². The van der Waals surface area contributed by atoms with Gasteiger partial charge in [0.2, 0.25) is 11.4 Å². The highest BCUT2D eigenvalue weighted by Gasteiger charge is 2.30. The van der Waals surface area contributed by atoms with E-state index in [0.717, 1.165) is 32.0 Å². The SMILES string of the molecule is O=S(=O)(O)CCCN1/C(=C\c2sc3ccccc3[n+]2CCCS(=O)(=O)O)Oc2ccc(-c3ccccc3)cc21. The van der Waals surface area contributed by atoms with Crippen LogP contribution in [0.1, 0.15) is 17.8 Å². The van der Waals surface area contributed by atoms with Crippen LogP contribution >= 0.6 is 11.3 Å². The molecule has 9 nitrogen and oxygen atoms in total. The van der Waals surface area contributed by atoms with Crippen molar-refractivity contribution in [2.45, 2.75) is 19.4 Å². The fraction of sp³-hybridized carbons (Fsp3) is 0.222. The molecule has 0 radical (unpaired) electrons. The Hall–Kier alpha value is -3.29. The van der Waals surface area contributed by atoms with Crippen LogP contribution in [-0.4, -0.2) is 44.0 Å². The van der Waals surface area contributed by atoms with Crippen LogP contribution in [-0.2, 0) is 26.8 Å². The number of thiazole rings is 1. The molecular formula is C27H27N2O7S3+. The summed E-state index contributed by atoms with van der Waals surface area (Å²) in [5.74, 6) is 0.363. The number of para-hydroxylation sites is 1. The third kappa shape index (κ3) is 6.65. The summed E-state index contributed by atoms with van der Waals surface area (Å²) >= 11 is 1.51. The van der Waals surface area contributed by atoms with Gasteiger partial charge in [0.05, 0.1) is 23.3 Å². The summed E-state index contributed by atoms with van der Waals surface area (Å²) < 4.78 is 73.1. The van der Waals surface area contributed by atoms with Crippen LogP contribution in [0.4, 0.5) is 5.69 Å². The first-order chi connectivity index (χ1) is 18.6. The second-order valence-corrected chi connectivity index (χ2v) is 13.3. The van der Waals surface area contributed by atoms with Crippen LogP contribution in [0.2, 0.25) is 0 Å². The van der Waals surface area contributed by atoms with Crippen molar-refractivity contribution in [2.24, 2.45) is 0 Å². The summed E-state index contributed by atoms with van der Waals surface area (Å²) in [6.07, 6.45) is 2.25. The number of ether oxygens (including phenoxy) is 1. The molecule has 1 aromatic heterocycles. The Morgan fingerprint density at radius 2 is 1.54 bits per heavy atom. The van der Waals surface area contributed by atoms with Crippen molar-refractivity contribution < 1.29 is 35.2 Å². The molecule has 0 unspecified atom stereocenters. The minimum atomic E-state index is -4.13. The van der Waals surface area contributed by atoms with Gasteiger partial charge in [-0.3, -0.25) is 9.11 Å². The van der Waals surface area contributed by atoms with Gasteiger partial charge in [-0.1, -0.05) is 59.9 Å². The Balaban J connectivity index is 1.53. The summed E-state index contributed by atoms with van der Waals surface area (Å²) in [4.78, 5) is 1.89. The monoisotopic (exact) mass is 587 g/mol. The molecule has 12 heteroatoms. The lowest BCUT2D eigenvalue weighted by molar-refractivity contribution is -0.668. The normalized spacial score (nSPS) is 14.6. The van der Waals surface area contributed by atoms with E-state index in [0.29, 0.717) is 18.2 Å². The van der Waals surface area contributed by atoms with E-state index < -0.39 is 20.2 Å². The molecule has 5 rings (SSSR count). The molecule has 0 aliphatic carbocycles. The maximum Gasteiger partial charge on any atom is 0.268 e. The molecule has 2 heterocycles. The summed E-state index contributed by atoms with van der Waals surface area (Å²) in [7, 11) is -8.21. The number of fused-ring (bicyclic) bond motifs is 2. The molecule has 0 saturated carbocycles. The predicted octanol–water partition coefficient (Wildman–Crippen LogP) is 4.61. The van der Waals surface area contributed by atoms with Crippen LogP contribution in [0.3, 0.4) is 0 Å². The molecule has 0 amide bonds. The van der Waals surface area contributed by atoms with Crippen molar-refractivity contribution in [1.29, 1.82) is 0 Å². The fourth-order valence-corrected chi connectivity index (χ4v) is 6.66. The zero-order valence-electron chi connectivity index (χ0n) is 20.8. The van der Waals surface area contributed by atoms with Gasteiger partial charge in [-0.25, -0.2) is 0 Å². The molecule has 2 N–H and O–H groups in total. The molecule has 3 aromatic carbocycles. The van der Waals surface area contributed by atoms with Crippen LogP contribution in [0.25, 0.3) is 27.4 Å². The van der Waals surface area contributed by atoms with E-state index in [-0.39, 0.29) is 30.9 Å². The van der Waals surface area contributed by atoms with Gasteiger partial charge in [0.25, 0.3) is 25.2 Å². The zero-order valence-corrected chi connectivity index (χ0v) is 23.3. The molecule has 1 aliphatic rings. The van der Waals surface area contributed by atoms with Crippen molar-refractivity contribution in [3.05, 3.63) is 83.7 Å². The average Bonchev–Trinajstić information content (AvgIpc) is 3.40. The molecular weight excluding hydrogens is 561 g/mol. The van der Waals surface area contributed by atoms with Gasteiger partial charge in [-0.15, -0.1) is 0 Å². The fourth-order valence-electron chi connectivity index (χ4n) is 4.56. The molecule has 1 aliphatic heterocycles. The number of anilines is 1. The minimum absolute atomic E-state index is 0.176. The summed E-state index contributed by atoms with van der Waals surface area (Å²) in [5, 5.41) is 0.803. The predicted molar refractivity (Wildman–Crippen MR) is 152 cm³/mol. The number of aromatic nitrogens is 1. The highest BCUT2D eigenvalue weighted by atomic mass is 32.2. The molecule has 204 valence electrons. The zero-order chi connectivity index (χ0) is 27.6. The maximum absolute atomic E-state index is 11.4. The molecule has 39 heavy (non-hydrogen) atoms. The van der Waals surface area contributed by atoms with Crippen molar-refractivity contribution in [3.8, 4) is 16.9 Å². The summed E-state index contributed by atoms with van der Waals surface area (Å²) in [6.45, 7) is 0.640. The van der Waals surface area contributed by atoms with Crippen molar-refractivity contribution in [3.63, 3.8) is 0 Å². The average molecular weight is 588 g/mol. The standard InChI is InChI=1S/C27H26N2O7S3/c30-38(31,32)16-6-14-28-23-18-21(20-8-2-1-3-9-20)12-13-24(23)36-26(28)19-27-29(15-7-17-39(33,34)35)22-10-4-5-11-25(22)37-27/h1-5,8-13,18-19H,6-7,14-17H2,(H-,30,31,32,33,34,35)/p+1. The summed E-state index contributed by atoms with van der Waals surface area (Å²) in [5.41, 5.74) is 3.69. The highest BCUT2D eigenvalue weighted by molar-refractivity contribution is 7.86. The van der Waals surface area contributed by atoms with Crippen LogP contribution in [0.5, 0.6) is 5.75 Å². The third-order valence-corrected chi connectivity index (χ3v) is 9.01. The van der Waals surface area contributed by atoms with E-state index in [1.165, 1.54) is 11.3 Å². The van der Waals surface area contributed by atoms with Gasteiger partial charge in [0, 0.05) is 19.0 Å². The van der Waals surface area contributed by atoms with E-state index in [9.17, 15) is 25.9 Å². The number of hydrogen-bond acceptors (Lipinski definition) is 7. The maximum atomic E-state index is 11.4. The Morgan fingerprint density at radius 1 is 0.846 bits per heavy atom. The van der Waals surface area contributed by atoms with Gasteiger partial charge in [-0.2, -0.15) is 21.4 Å². The van der Waals surface area contributed by atoms with Gasteiger partial charge in [0.1, 0.15) is 4.70 Å². The minimum Gasteiger partial charge on any atom is -0.438 e. The van der Waals surface area contributed by atoms with Crippen LogP contribution < -0.4 is 14.2 Å². The number of aryl methyl sites for hydroxylation is 1. The largest absolute Gasteiger partial charge is 0.438 e. The smallest absolute Gasteiger partial charge is 0.268 e.